The maximum atomic E-state index is 5.77. The summed E-state index contributed by atoms with van der Waals surface area (Å²) in [7, 11) is 1.73. The standard InChI is InChI=1S/C10H14ClNOS/c1-13-5-2-6-14-8-9-3-4-12-10(11)7-9/h3-4,7H,2,5-6,8H2,1H3. The Balaban J connectivity index is 2.18. The summed E-state index contributed by atoms with van der Waals surface area (Å²) in [6.45, 7) is 0.837. The van der Waals surface area contributed by atoms with Crippen molar-refractivity contribution in [1.82, 2.24) is 4.98 Å². The molecule has 0 spiro atoms. The first-order valence-corrected chi connectivity index (χ1v) is 6.03. The van der Waals surface area contributed by atoms with E-state index in [9.17, 15) is 0 Å². The quantitative estimate of drug-likeness (QED) is 0.555. The lowest BCUT2D eigenvalue weighted by molar-refractivity contribution is 0.200. The van der Waals surface area contributed by atoms with Crippen LogP contribution in [0.5, 0.6) is 0 Å². The monoisotopic (exact) mass is 231 g/mol. The van der Waals surface area contributed by atoms with Gasteiger partial charge in [0.05, 0.1) is 0 Å². The van der Waals surface area contributed by atoms with Gasteiger partial charge in [0, 0.05) is 25.7 Å². The van der Waals surface area contributed by atoms with Crippen molar-refractivity contribution in [2.24, 2.45) is 0 Å². The molecule has 1 rings (SSSR count). The SMILES string of the molecule is COCCCSCc1ccnc(Cl)c1. The van der Waals surface area contributed by atoms with E-state index in [1.54, 1.807) is 13.3 Å². The van der Waals surface area contributed by atoms with Crippen LogP contribution < -0.4 is 0 Å². The zero-order chi connectivity index (χ0) is 10.2. The summed E-state index contributed by atoms with van der Waals surface area (Å²) in [5, 5.41) is 0.569. The van der Waals surface area contributed by atoms with Gasteiger partial charge in [-0.3, -0.25) is 0 Å². The molecule has 0 bridgehead atoms. The van der Waals surface area contributed by atoms with Crippen LogP contribution in [0.2, 0.25) is 5.15 Å². The lowest BCUT2D eigenvalue weighted by Gasteiger charge is -2.01. The van der Waals surface area contributed by atoms with E-state index in [4.69, 9.17) is 16.3 Å². The fourth-order valence-corrected chi connectivity index (χ4v) is 2.11. The van der Waals surface area contributed by atoms with Gasteiger partial charge in [-0.2, -0.15) is 11.8 Å². The first-order valence-electron chi connectivity index (χ1n) is 4.50. The van der Waals surface area contributed by atoms with Crippen molar-refractivity contribution in [3.63, 3.8) is 0 Å². The number of thioether (sulfide) groups is 1. The van der Waals surface area contributed by atoms with Crippen LogP contribution in [-0.4, -0.2) is 24.5 Å². The van der Waals surface area contributed by atoms with Crippen LogP contribution in [0.4, 0.5) is 0 Å². The Kier molecular flexibility index (Phi) is 5.99. The van der Waals surface area contributed by atoms with Gasteiger partial charge in [0.25, 0.3) is 0 Å². The Morgan fingerprint density at radius 1 is 1.57 bits per heavy atom. The third-order valence-electron chi connectivity index (χ3n) is 1.70. The van der Waals surface area contributed by atoms with Crippen LogP contribution in [0.3, 0.4) is 0 Å². The zero-order valence-corrected chi connectivity index (χ0v) is 9.77. The number of hydrogen-bond donors (Lipinski definition) is 0. The largest absolute Gasteiger partial charge is 0.385 e. The number of rotatable bonds is 6. The second-order valence-corrected chi connectivity index (χ2v) is 4.38. The Hall–Kier alpha value is -0.250. The number of aromatic nitrogens is 1. The minimum atomic E-state index is 0.569. The highest BCUT2D eigenvalue weighted by Gasteiger charge is 1.95. The average molecular weight is 232 g/mol. The molecule has 78 valence electrons. The van der Waals surface area contributed by atoms with Gasteiger partial charge in [-0.25, -0.2) is 4.98 Å². The number of ether oxygens (including phenoxy) is 1. The second-order valence-electron chi connectivity index (χ2n) is 2.89. The van der Waals surface area contributed by atoms with Gasteiger partial charge < -0.3 is 4.74 Å². The third kappa shape index (κ3) is 4.84. The molecule has 0 aromatic carbocycles. The minimum absolute atomic E-state index is 0.569. The van der Waals surface area contributed by atoms with Gasteiger partial charge in [0.1, 0.15) is 5.15 Å². The molecular weight excluding hydrogens is 218 g/mol. The fourth-order valence-electron chi connectivity index (χ4n) is 1.03. The molecule has 0 fully saturated rings. The van der Waals surface area contributed by atoms with E-state index in [1.807, 2.05) is 23.9 Å². The number of nitrogens with zero attached hydrogens (tertiary/aromatic N) is 1. The molecule has 0 saturated carbocycles. The molecule has 14 heavy (non-hydrogen) atoms. The van der Waals surface area contributed by atoms with Crippen molar-refractivity contribution >= 4 is 23.4 Å². The van der Waals surface area contributed by atoms with Crippen molar-refractivity contribution < 1.29 is 4.74 Å². The summed E-state index contributed by atoms with van der Waals surface area (Å²) in [6.07, 6.45) is 2.84. The van der Waals surface area contributed by atoms with E-state index in [0.29, 0.717) is 5.15 Å². The van der Waals surface area contributed by atoms with Crippen molar-refractivity contribution in [2.45, 2.75) is 12.2 Å². The molecule has 1 aromatic rings. The zero-order valence-electron chi connectivity index (χ0n) is 8.20. The van der Waals surface area contributed by atoms with E-state index in [0.717, 1.165) is 24.5 Å². The summed E-state index contributed by atoms with van der Waals surface area (Å²) in [4.78, 5) is 3.93. The highest BCUT2D eigenvalue weighted by molar-refractivity contribution is 7.98. The van der Waals surface area contributed by atoms with Crippen molar-refractivity contribution in [3.8, 4) is 0 Å². The molecule has 0 aliphatic heterocycles. The van der Waals surface area contributed by atoms with Gasteiger partial charge in [-0.05, 0) is 29.9 Å². The summed E-state index contributed by atoms with van der Waals surface area (Å²) in [5.74, 6) is 2.11. The molecule has 0 N–H and O–H groups in total. The van der Waals surface area contributed by atoms with Crippen LogP contribution in [0, 0.1) is 0 Å². The van der Waals surface area contributed by atoms with Gasteiger partial charge in [0.2, 0.25) is 0 Å². The molecule has 1 heterocycles. The lowest BCUT2D eigenvalue weighted by Crippen LogP contribution is -1.91. The Morgan fingerprint density at radius 3 is 3.14 bits per heavy atom. The van der Waals surface area contributed by atoms with Gasteiger partial charge in [0.15, 0.2) is 0 Å². The predicted octanol–water partition coefficient (Wildman–Crippen LogP) is 3.00. The van der Waals surface area contributed by atoms with Crippen LogP contribution in [0.15, 0.2) is 18.3 Å². The lowest BCUT2D eigenvalue weighted by atomic mass is 10.3. The Labute approximate surface area is 94.0 Å². The molecule has 4 heteroatoms. The number of pyridine rings is 1. The summed E-state index contributed by atoms with van der Waals surface area (Å²) in [6, 6.07) is 3.90. The molecule has 1 aromatic heterocycles. The Morgan fingerprint density at radius 2 is 2.43 bits per heavy atom. The van der Waals surface area contributed by atoms with E-state index in [-0.39, 0.29) is 0 Å². The normalized spacial score (nSPS) is 10.4. The maximum Gasteiger partial charge on any atom is 0.129 e. The molecule has 0 aliphatic rings. The van der Waals surface area contributed by atoms with Gasteiger partial charge in [-0.15, -0.1) is 0 Å². The molecule has 0 radical (unpaired) electrons. The van der Waals surface area contributed by atoms with E-state index < -0.39 is 0 Å². The molecule has 0 atom stereocenters. The maximum absolute atomic E-state index is 5.77. The number of halogens is 1. The smallest absolute Gasteiger partial charge is 0.129 e. The van der Waals surface area contributed by atoms with Crippen LogP contribution in [-0.2, 0) is 10.5 Å². The van der Waals surface area contributed by atoms with Gasteiger partial charge >= 0.3 is 0 Å². The van der Waals surface area contributed by atoms with E-state index in [2.05, 4.69) is 4.98 Å². The first-order chi connectivity index (χ1) is 6.83. The average Bonchev–Trinajstić information content (AvgIpc) is 2.18. The fraction of sp³-hybridized carbons (Fsp3) is 0.500. The van der Waals surface area contributed by atoms with Crippen LogP contribution in [0.25, 0.3) is 0 Å². The second kappa shape index (κ2) is 7.10. The molecule has 0 aliphatic carbocycles. The van der Waals surface area contributed by atoms with Crippen LogP contribution >= 0.6 is 23.4 Å². The Bertz CT molecular complexity index is 270. The summed E-state index contributed by atoms with van der Waals surface area (Å²) in [5.41, 5.74) is 1.23. The van der Waals surface area contributed by atoms with E-state index >= 15 is 0 Å². The third-order valence-corrected chi connectivity index (χ3v) is 3.02. The summed E-state index contributed by atoms with van der Waals surface area (Å²) < 4.78 is 4.97. The molecule has 0 amide bonds. The van der Waals surface area contributed by atoms with Crippen molar-refractivity contribution in [3.05, 3.63) is 29.0 Å². The van der Waals surface area contributed by atoms with Crippen molar-refractivity contribution in [1.29, 1.82) is 0 Å². The first kappa shape index (κ1) is 11.8. The number of methoxy groups -OCH3 is 1. The topological polar surface area (TPSA) is 22.1 Å². The number of hydrogen-bond acceptors (Lipinski definition) is 3. The molecule has 0 saturated heterocycles. The highest BCUT2D eigenvalue weighted by Crippen LogP contribution is 2.15. The van der Waals surface area contributed by atoms with E-state index in [1.165, 1.54) is 5.56 Å². The van der Waals surface area contributed by atoms with Crippen molar-refractivity contribution in [2.75, 3.05) is 19.5 Å². The molecular formula is C10H14ClNOS. The highest BCUT2D eigenvalue weighted by atomic mass is 35.5. The van der Waals surface area contributed by atoms with Gasteiger partial charge in [-0.1, -0.05) is 11.6 Å². The summed E-state index contributed by atoms with van der Waals surface area (Å²) >= 11 is 7.66. The molecule has 0 unspecified atom stereocenters. The minimum Gasteiger partial charge on any atom is -0.385 e. The van der Waals surface area contributed by atoms with Crippen LogP contribution in [0.1, 0.15) is 12.0 Å². The molecule has 2 nitrogen and oxygen atoms in total. The predicted molar refractivity (Wildman–Crippen MR) is 61.9 cm³/mol.